The summed E-state index contributed by atoms with van der Waals surface area (Å²) >= 11 is 0. The van der Waals surface area contributed by atoms with E-state index in [1.165, 1.54) is 6.92 Å². The minimum absolute atomic E-state index is 0.126. The fraction of sp³-hybridized carbons (Fsp3) is 0.143. The Bertz CT molecular complexity index is 581. The third-order valence-corrected chi connectivity index (χ3v) is 2.46. The first-order valence-electron chi connectivity index (χ1n) is 5.55. The standard InChI is InChI=1S/C14H13NO3/c1-9-3-5-11(6-4-9)12-7-8-13(18-12)14(17)15-10(2)16/h3-8H,1-2H3,(H,15,16,17). The Labute approximate surface area is 105 Å². The summed E-state index contributed by atoms with van der Waals surface area (Å²) < 4.78 is 5.41. The van der Waals surface area contributed by atoms with E-state index in [0.717, 1.165) is 11.1 Å². The van der Waals surface area contributed by atoms with Gasteiger partial charge in [-0.1, -0.05) is 29.8 Å². The van der Waals surface area contributed by atoms with Gasteiger partial charge in [-0.05, 0) is 19.1 Å². The van der Waals surface area contributed by atoms with Crippen molar-refractivity contribution >= 4 is 11.8 Å². The number of hydrogen-bond donors (Lipinski definition) is 1. The number of carbonyl (C=O) groups is 2. The summed E-state index contributed by atoms with van der Waals surface area (Å²) in [4.78, 5) is 22.3. The average Bonchev–Trinajstić information content (AvgIpc) is 2.78. The van der Waals surface area contributed by atoms with Gasteiger partial charge in [0.15, 0.2) is 5.76 Å². The summed E-state index contributed by atoms with van der Waals surface area (Å²) in [6.07, 6.45) is 0. The van der Waals surface area contributed by atoms with Gasteiger partial charge >= 0.3 is 0 Å². The lowest BCUT2D eigenvalue weighted by Crippen LogP contribution is -2.27. The van der Waals surface area contributed by atoms with Crippen LogP contribution in [0.4, 0.5) is 0 Å². The van der Waals surface area contributed by atoms with Gasteiger partial charge in [-0.2, -0.15) is 0 Å². The Balaban J connectivity index is 2.22. The highest BCUT2D eigenvalue weighted by Gasteiger charge is 2.12. The molecule has 4 heteroatoms. The highest BCUT2D eigenvalue weighted by Crippen LogP contribution is 2.22. The Morgan fingerprint density at radius 3 is 2.33 bits per heavy atom. The first-order valence-corrected chi connectivity index (χ1v) is 5.55. The van der Waals surface area contributed by atoms with E-state index in [2.05, 4.69) is 5.32 Å². The number of benzene rings is 1. The zero-order chi connectivity index (χ0) is 13.1. The molecule has 0 aliphatic carbocycles. The van der Waals surface area contributed by atoms with Crippen LogP contribution < -0.4 is 5.32 Å². The van der Waals surface area contributed by atoms with Crippen molar-refractivity contribution in [3.8, 4) is 11.3 Å². The van der Waals surface area contributed by atoms with Crippen LogP contribution in [0.15, 0.2) is 40.8 Å². The van der Waals surface area contributed by atoms with Crippen molar-refractivity contribution in [3.05, 3.63) is 47.7 Å². The van der Waals surface area contributed by atoms with Gasteiger partial charge in [-0.3, -0.25) is 14.9 Å². The number of hydrogen-bond acceptors (Lipinski definition) is 3. The lowest BCUT2D eigenvalue weighted by atomic mass is 10.1. The number of carbonyl (C=O) groups excluding carboxylic acids is 2. The quantitative estimate of drug-likeness (QED) is 0.881. The second kappa shape index (κ2) is 4.87. The van der Waals surface area contributed by atoms with Gasteiger partial charge in [-0.15, -0.1) is 0 Å². The van der Waals surface area contributed by atoms with Gasteiger partial charge in [0.05, 0.1) is 0 Å². The van der Waals surface area contributed by atoms with Crippen molar-refractivity contribution in [3.63, 3.8) is 0 Å². The summed E-state index contributed by atoms with van der Waals surface area (Å²) in [5.74, 6) is -0.210. The highest BCUT2D eigenvalue weighted by molar-refractivity contribution is 6.02. The second-order valence-electron chi connectivity index (χ2n) is 4.04. The summed E-state index contributed by atoms with van der Waals surface area (Å²) in [7, 11) is 0. The number of amides is 2. The number of nitrogens with one attached hydrogen (secondary N) is 1. The fourth-order valence-electron chi connectivity index (χ4n) is 1.55. The van der Waals surface area contributed by atoms with Crippen molar-refractivity contribution < 1.29 is 14.0 Å². The van der Waals surface area contributed by atoms with E-state index in [9.17, 15) is 9.59 Å². The minimum Gasteiger partial charge on any atom is -0.451 e. The van der Waals surface area contributed by atoms with Crippen molar-refractivity contribution in [1.82, 2.24) is 5.32 Å². The van der Waals surface area contributed by atoms with Crippen LogP contribution in [0.25, 0.3) is 11.3 Å². The lowest BCUT2D eigenvalue weighted by Gasteiger charge is -1.99. The molecule has 0 saturated carbocycles. The van der Waals surface area contributed by atoms with Crippen LogP contribution in [-0.4, -0.2) is 11.8 Å². The average molecular weight is 243 g/mol. The van der Waals surface area contributed by atoms with E-state index >= 15 is 0 Å². The molecule has 0 fully saturated rings. The smallest absolute Gasteiger partial charge is 0.293 e. The maximum absolute atomic E-state index is 11.5. The van der Waals surface area contributed by atoms with Crippen LogP contribution in [-0.2, 0) is 4.79 Å². The Kier molecular flexibility index (Phi) is 3.28. The highest BCUT2D eigenvalue weighted by atomic mass is 16.4. The molecule has 0 spiro atoms. The number of rotatable bonds is 2. The van der Waals surface area contributed by atoms with Crippen LogP contribution in [0, 0.1) is 6.92 Å². The third kappa shape index (κ3) is 2.66. The molecule has 1 N–H and O–H groups in total. The predicted octanol–water partition coefficient (Wildman–Crippen LogP) is 2.53. The maximum atomic E-state index is 11.5. The van der Waals surface area contributed by atoms with Crippen molar-refractivity contribution in [1.29, 1.82) is 0 Å². The maximum Gasteiger partial charge on any atom is 0.293 e. The van der Waals surface area contributed by atoms with E-state index in [1.54, 1.807) is 12.1 Å². The Morgan fingerprint density at radius 2 is 1.72 bits per heavy atom. The zero-order valence-corrected chi connectivity index (χ0v) is 10.2. The van der Waals surface area contributed by atoms with Gasteiger partial charge in [0, 0.05) is 12.5 Å². The molecule has 92 valence electrons. The third-order valence-electron chi connectivity index (χ3n) is 2.46. The predicted molar refractivity (Wildman–Crippen MR) is 67.0 cm³/mol. The van der Waals surface area contributed by atoms with E-state index in [1.807, 2.05) is 31.2 Å². The molecule has 2 rings (SSSR count). The number of furan rings is 1. The van der Waals surface area contributed by atoms with Gasteiger partial charge in [0.25, 0.3) is 5.91 Å². The summed E-state index contributed by atoms with van der Waals surface area (Å²) in [6, 6.07) is 11.0. The van der Waals surface area contributed by atoms with Crippen LogP contribution >= 0.6 is 0 Å². The molecule has 2 aromatic rings. The minimum atomic E-state index is -0.527. The van der Waals surface area contributed by atoms with Crippen molar-refractivity contribution in [2.45, 2.75) is 13.8 Å². The second-order valence-corrected chi connectivity index (χ2v) is 4.04. The first kappa shape index (κ1) is 12.1. The summed E-state index contributed by atoms with van der Waals surface area (Å²) in [6.45, 7) is 3.28. The molecule has 1 aromatic carbocycles. The van der Waals surface area contributed by atoms with E-state index < -0.39 is 11.8 Å². The molecule has 1 heterocycles. The van der Waals surface area contributed by atoms with Crippen LogP contribution in [0.2, 0.25) is 0 Å². The molecule has 18 heavy (non-hydrogen) atoms. The number of aryl methyl sites for hydroxylation is 1. The molecule has 2 amide bonds. The SMILES string of the molecule is CC(=O)NC(=O)c1ccc(-c2ccc(C)cc2)o1. The zero-order valence-electron chi connectivity index (χ0n) is 10.2. The Hall–Kier alpha value is -2.36. The van der Waals surface area contributed by atoms with Gasteiger partial charge in [-0.25, -0.2) is 0 Å². The molecule has 0 aliphatic rings. The van der Waals surface area contributed by atoms with Crippen LogP contribution in [0.1, 0.15) is 23.0 Å². The molecule has 4 nitrogen and oxygen atoms in total. The van der Waals surface area contributed by atoms with Crippen LogP contribution in [0.5, 0.6) is 0 Å². The first-order chi connectivity index (χ1) is 8.56. The van der Waals surface area contributed by atoms with E-state index in [4.69, 9.17) is 4.42 Å². The number of imide groups is 1. The molecular weight excluding hydrogens is 230 g/mol. The van der Waals surface area contributed by atoms with E-state index in [-0.39, 0.29) is 5.76 Å². The molecule has 0 aliphatic heterocycles. The molecule has 0 atom stereocenters. The molecule has 0 unspecified atom stereocenters. The van der Waals surface area contributed by atoms with Crippen LogP contribution in [0.3, 0.4) is 0 Å². The molecule has 0 bridgehead atoms. The topological polar surface area (TPSA) is 59.3 Å². The summed E-state index contributed by atoms with van der Waals surface area (Å²) in [5, 5.41) is 2.16. The molecular formula is C14H13NO3. The molecule has 0 saturated heterocycles. The largest absolute Gasteiger partial charge is 0.451 e. The monoisotopic (exact) mass is 243 g/mol. The van der Waals surface area contributed by atoms with Crippen molar-refractivity contribution in [2.75, 3.05) is 0 Å². The lowest BCUT2D eigenvalue weighted by molar-refractivity contribution is -0.118. The normalized spacial score (nSPS) is 10.1. The molecule has 1 aromatic heterocycles. The fourth-order valence-corrected chi connectivity index (χ4v) is 1.55. The van der Waals surface area contributed by atoms with Gasteiger partial charge < -0.3 is 4.42 Å². The van der Waals surface area contributed by atoms with Gasteiger partial charge in [0.2, 0.25) is 5.91 Å². The van der Waals surface area contributed by atoms with Crippen molar-refractivity contribution in [2.24, 2.45) is 0 Å². The van der Waals surface area contributed by atoms with Gasteiger partial charge in [0.1, 0.15) is 5.76 Å². The summed E-state index contributed by atoms with van der Waals surface area (Å²) in [5.41, 5.74) is 2.04. The molecule has 0 radical (unpaired) electrons. The van der Waals surface area contributed by atoms with E-state index in [0.29, 0.717) is 5.76 Å². The Morgan fingerprint density at radius 1 is 1.06 bits per heavy atom.